The van der Waals surface area contributed by atoms with Crippen LogP contribution in [0.25, 0.3) is 11.2 Å². The van der Waals surface area contributed by atoms with Gasteiger partial charge in [0, 0.05) is 7.05 Å². The lowest BCUT2D eigenvalue weighted by Crippen LogP contribution is -2.50. The van der Waals surface area contributed by atoms with Gasteiger partial charge >= 0.3 is 0 Å². The van der Waals surface area contributed by atoms with Crippen molar-refractivity contribution in [3.8, 4) is 0 Å². The Kier molecular flexibility index (Phi) is 4.06. The molecule has 1 saturated heterocycles. The summed E-state index contributed by atoms with van der Waals surface area (Å²) in [7, 11) is 1.57. The molecule has 2 aromatic rings. The molecule has 4 atom stereocenters. The lowest BCUT2D eigenvalue weighted by molar-refractivity contribution is -0.209. The molecule has 0 saturated carbocycles. The molecule has 0 aromatic carbocycles. The first kappa shape index (κ1) is 16.2. The fourth-order valence-electron chi connectivity index (χ4n) is 2.55. The van der Waals surface area contributed by atoms with Crippen molar-refractivity contribution in [1.29, 1.82) is 0 Å². The normalized spacial score (nSPS) is 28.4. The second-order valence-electron chi connectivity index (χ2n) is 5.25. The third-order valence-electron chi connectivity index (χ3n) is 3.82. The smallest absolute Gasteiger partial charge is 0.282 e. The molecule has 0 unspecified atom stereocenters. The number of nitrogens with zero attached hydrogens (tertiary/aromatic N) is 4. The number of aliphatic hydroxyl groups excluding tert-OH is 3. The van der Waals surface area contributed by atoms with Gasteiger partial charge in [-0.2, -0.15) is 0 Å². The monoisotopic (exact) mass is 343 g/mol. The van der Waals surface area contributed by atoms with Crippen LogP contribution < -0.4 is 11.3 Å². The Labute approximate surface area is 134 Å². The van der Waals surface area contributed by atoms with Gasteiger partial charge in [0.2, 0.25) is 5.95 Å². The Morgan fingerprint density at radius 2 is 2.00 bits per heavy atom. The summed E-state index contributed by atoms with van der Waals surface area (Å²) in [4.78, 5) is 20.7. The first-order valence-corrected chi connectivity index (χ1v) is 8.03. The number of aliphatic hydroxyl groups is 3. The Morgan fingerprint density at radius 1 is 1.30 bits per heavy atom. The molecule has 11 heteroatoms. The number of thioether (sulfide) groups is 1. The van der Waals surface area contributed by atoms with E-state index in [1.54, 1.807) is 13.3 Å². The number of anilines is 1. The van der Waals surface area contributed by atoms with Gasteiger partial charge in [-0.1, -0.05) is 11.8 Å². The molecule has 1 fully saturated rings. The number of hydrogen-bond donors (Lipinski definition) is 4. The molecular weight excluding hydrogens is 326 g/mol. The largest absolute Gasteiger partial charge is 0.388 e. The van der Waals surface area contributed by atoms with Gasteiger partial charge in [-0.25, -0.2) is 9.97 Å². The van der Waals surface area contributed by atoms with Crippen molar-refractivity contribution in [1.82, 2.24) is 19.1 Å². The molecule has 1 aliphatic rings. The lowest BCUT2D eigenvalue weighted by Gasteiger charge is -2.36. The van der Waals surface area contributed by atoms with Crippen LogP contribution in [0.5, 0.6) is 0 Å². The van der Waals surface area contributed by atoms with Gasteiger partial charge in [-0.05, 0) is 6.26 Å². The fourth-order valence-corrected chi connectivity index (χ4v) is 3.09. The third-order valence-corrected chi connectivity index (χ3v) is 4.55. The average molecular weight is 343 g/mol. The van der Waals surface area contributed by atoms with Crippen molar-refractivity contribution >= 4 is 28.9 Å². The van der Waals surface area contributed by atoms with E-state index in [1.807, 2.05) is 0 Å². The van der Waals surface area contributed by atoms with E-state index in [-0.39, 0.29) is 29.3 Å². The van der Waals surface area contributed by atoms with Crippen LogP contribution in [0, 0.1) is 0 Å². The highest BCUT2D eigenvalue weighted by Gasteiger charge is 2.40. The van der Waals surface area contributed by atoms with E-state index in [1.165, 1.54) is 20.9 Å². The zero-order valence-corrected chi connectivity index (χ0v) is 13.3. The number of ether oxygens (including phenoxy) is 1. The van der Waals surface area contributed by atoms with E-state index in [0.29, 0.717) is 5.16 Å². The predicted octanol–water partition coefficient (Wildman–Crippen LogP) is -1.95. The van der Waals surface area contributed by atoms with Gasteiger partial charge < -0.3 is 25.8 Å². The number of nitrogens with two attached hydrogens (primary N) is 1. The van der Waals surface area contributed by atoms with E-state index in [9.17, 15) is 20.1 Å². The van der Waals surface area contributed by atoms with Crippen molar-refractivity contribution < 1.29 is 20.1 Å². The van der Waals surface area contributed by atoms with Gasteiger partial charge in [0.15, 0.2) is 22.5 Å². The van der Waals surface area contributed by atoms with E-state index in [0.717, 1.165) is 0 Å². The Balaban J connectivity index is 2.20. The highest BCUT2D eigenvalue weighted by atomic mass is 32.2. The lowest BCUT2D eigenvalue weighted by atomic mass is 10.0. The van der Waals surface area contributed by atoms with Gasteiger partial charge in [-0.15, -0.1) is 0 Å². The van der Waals surface area contributed by atoms with Crippen LogP contribution in [0.1, 0.15) is 6.23 Å². The van der Waals surface area contributed by atoms with Crippen molar-refractivity contribution in [3.05, 3.63) is 10.4 Å². The van der Waals surface area contributed by atoms with E-state index < -0.39 is 24.5 Å². The second-order valence-corrected chi connectivity index (χ2v) is 6.02. The fraction of sp³-hybridized carbons (Fsp3) is 0.583. The van der Waals surface area contributed by atoms with Crippen LogP contribution in [0.3, 0.4) is 0 Å². The minimum absolute atomic E-state index is 0.0409. The summed E-state index contributed by atoms with van der Waals surface area (Å²) in [5.41, 5.74) is 5.68. The molecular formula is C12H17N5O5S. The summed E-state index contributed by atoms with van der Waals surface area (Å²) in [6.07, 6.45) is -3.39. The molecule has 0 aliphatic carbocycles. The molecule has 1 aliphatic heterocycles. The number of hydrogen-bond acceptors (Lipinski definition) is 9. The standard InChI is InChI=1S/C12H17N5O5S/c1-16-9(21)5-8(15-12(16)23-2)17(11(13)14-5)10-7(20)6(19)4(18)3-22-10/h4,6-7,10,18-20H,3H2,1-2H3,(H2,13,14)/t4-,6-,7-,10+/m1/s1. The maximum absolute atomic E-state index is 12.3. The summed E-state index contributed by atoms with van der Waals surface area (Å²) in [5, 5.41) is 30.0. The molecule has 0 amide bonds. The number of imidazole rings is 1. The number of aromatic nitrogens is 4. The van der Waals surface area contributed by atoms with Crippen LogP contribution in [0.2, 0.25) is 0 Å². The maximum Gasteiger partial charge on any atom is 0.282 e. The molecule has 3 heterocycles. The van der Waals surface area contributed by atoms with Crippen LogP contribution in [-0.4, -0.2) is 65.6 Å². The van der Waals surface area contributed by atoms with Gasteiger partial charge in [-0.3, -0.25) is 13.9 Å². The predicted molar refractivity (Wildman–Crippen MR) is 82.0 cm³/mol. The molecule has 10 nitrogen and oxygen atoms in total. The van der Waals surface area contributed by atoms with Gasteiger partial charge in [0.05, 0.1) is 6.61 Å². The van der Waals surface area contributed by atoms with Crippen LogP contribution >= 0.6 is 11.8 Å². The minimum Gasteiger partial charge on any atom is -0.388 e. The van der Waals surface area contributed by atoms with Crippen molar-refractivity contribution in [2.24, 2.45) is 7.05 Å². The first-order valence-electron chi connectivity index (χ1n) is 6.81. The Hall–Kier alpha value is -1.66. The van der Waals surface area contributed by atoms with E-state index in [4.69, 9.17) is 10.5 Å². The topological polar surface area (TPSA) is 149 Å². The molecule has 0 radical (unpaired) electrons. The maximum atomic E-state index is 12.3. The molecule has 3 rings (SSSR count). The molecule has 126 valence electrons. The summed E-state index contributed by atoms with van der Waals surface area (Å²) in [6.45, 7) is -0.192. The highest BCUT2D eigenvalue weighted by Crippen LogP contribution is 2.29. The van der Waals surface area contributed by atoms with E-state index in [2.05, 4.69) is 9.97 Å². The van der Waals surface area contributed by atoms with Crippen LogP contribution in [-0.2, 0) is 11.8 Å². The second kappa shape index (κ2) is 5.76. The number of nitrogen functional groups attached to an aromatic ring is 1. The summed E-state index contributed by atoms with van der Waals surface area (Å²) in [6, 6.07) is 0. The van der Waals surface area contributed by atoms with Gasteiger partial charge in [0.1, 0.15) is 18.3 Å². The SMILES string of the molecule is CSc1nc2c(nc(N)n2[C@H]2OC[C@@H](O)[C@@H](O)[C@H]2O)c(=O)n1C. The molecule has 5 N–H and O–H groups in total. The minimum atomic E-state index is -1.44. The Bertz CT molecular complexity index is 805. The van der Waals surface area contributed by atoms with Crippen molar-refractivity contribution in [2.45, 2.75) is 29.7 Å². The summed E-state index contributed by atoms with van der Waals surface area (Å²) >= 11 is 1.27. The Morgan fingerprint density at radius 3 is 2.65 bits per heavy atom. The summed E-state index contributed by atoms with van der Waals surface area (Å²) < 4.78 is 7.99. The first-order chi connectivity index (χ1) is 10.9. The average Bonchev–Trinajstić information content (AvgIpc) is 2.85. The molecule has 0 spiro atoms. The van der Waals surface area contributed by atoms with Crippen molar-refractivity contribution in [3.63, 3.8) is 0 Å². The van der Waals surface area contributed by atoms with Crippen molar-refractivity contribution in [2.75, 3.05) is 18.6 Å². The van der Waals surface area contributed by atoms with Crippen LogP contribution in [0.4, 0.5) is 5.95 Å². The zero-order valence-electron chi connectivity index (χ0n) is 12.4. The number of fused-ring (bicyclic) bond motifs is 1. The summed E-state index contributed by atoms with van der Waals surface area (Å²) in [5.74, 6) is -0.0736. The van der Waals surface area contributed by atoms with E-state index >= 15 is 0 Å². The molecule has 0 bridgehead atoms. The molecule has 2 aromatic heterocycles. The highest BCUT2D eigenvalue weighted by molar-refractivity contribution is 7.98. The molecule has 23 heavy (non-hydrogen) atoms. The quantitative estimate of drug-likeness (QED) is 0.360. The third kappa shape index (κ3) is 2.40. The zero-order chi connectivity index (χ0) is 16.9. The van der Waals surface area contributed by atoms with Crippen LogP contribution in [0.15, 0.2) is 9.95 Å². The number of rotatable bonds is 2. The van der Waals surface area contributed by atoms with Gasteiger partial charge in [0.25, 0.3) is 5.56 Å².